The molecule has 6 nitrogen and oxygen atoms in total. The van der Waals surface area contributed by atoms with Gasteiger partial charge in [-0.05, 0) is 75.8 Å². The van der Waals surface area contributed by atoms with E-state index in [1.807, 2.05) is 66.0 Å². The Kier molecular flexibility index (Phi) is 8.51. The van der Waals surface area contributed by atoms with E-state index in [1.54, 1.807) is 29.7 Å². The van der Waals surface area contributed by atoms with Crippen LogP contribution in [0.1, 0.15) is 34.5 Å². The number of benzene rings is 3. The van der Waals surface area contributed by atoms with Gasteiger partial charge in [0.25, 0.3) is 5.56 Å². The number of thiazole rings is 1. The third kappa shape index (κ3) is 6.04. The summed E-state index contributed by atoms with van der Waals surface area (Å²) in [4.78, 5) is 33.6. The molecule has 0 aliphatic carbocycles. The van der Waals surface area contributed by atoms with Crippen LogP contribution in [-0.2, 0) is 16.1 Å². The van der Waals surface area contributed by atoms with Crippen LogP contribution in [0.4, 0.5) is 4.39 Å². The Morgan fingerprint density at radius 1 is 1.07 bits per heavy atom. The van der Waals surface area contributed by atoms with Gasteiger partial charge in [-0.25, -0.2) is 14.2 Å². The van der Waals surface area contributed by atoms with E-state index in [1.165, 1.54) is 34.8 Å². The molecule has 216 valence electrons. The molecule has 0 radical (unpaired) electrons. The molecular formula is C33H24BrFN2O4S2. The maximum absolute atomic E-state index is 14.0. The first-order chi connectivity index (χ1) is 20.9. The average Bonchev–Trinajstić information content (AvgIpc) is 3.66. The molecule has 1 aliphatic heterocycles. The summed E-state index contributed by atoms with van der Waals surface area (Å²) in [6, 6.07) is 24.3. The highest BCUT2D eigenvalue weighted by atomic mass is 79.9. The molecule has 0 saturated heterocycles. The van der Waals surface area contributed by atoms with Crippen molar-refractivity contribution in [3.63, 3.8) is 0 Å². The molecule has 0 saturated carbocycles. The van der Waals surface area contributed by atoms with E-state index < -0.39 is 12.0 Å². The fraction of sp³-hybridized carbons (Fsp3) is 0.121. The minimum atomic E-state index is -0.679. The molecule has 3 aromatic carbocycles. The minimum absolute atomic E-state index is 0.199. The van der Waals surface area contributed by atoms with Crippen LogP contribution in [0, 0.1) is 5.82 Å². The van der Waals surface area contributed by atoms with Gasteiger partial charge in [-0.2, -0.15) is 0 Å². The van der Waals surface area contributed by atoms with Crippen molar-refractivity contribution in [1.82, 2.24) is 4.57 Å². The maximum atomic E-state index is 14.0. The van der Waals surface area contributed by atoms with Gasteiger partial charge in [-0.1, -0.05) is 65.9 Å². The van der Waals surface area contributed by atoms with Crippen LogP contribution in [0.25, 0.3) is 11.8 Å². The van der Waals surface area contributed by atoms with Crippen molar-refractivity contribution in [3.05, 3.63) is 147 Å². The lowest BCUT2D eigenvalue weighted by Crippen LogP contribution is -2.39. The van der Waals surface area contributed by atoms with E-state index in [4.69, 9.17) is 14.5 Å². The van der Waals surface area contributed by atoms with Gasteiger partial charge in [0.2, 0.25) is 0 Å². The fourth-order valence-corrected chi connectivity index (χ4v) is 7.11. The number of hydrogen-bond donors (Lipinski definition) is 0. The van der Waals surface area contributed by atoms with Crippen LogP contribution in [0.15, 0.2) is 110 Å². The second-order valence-electron chi connectivity index (χ2n) is 9.55. The summed E-state index contributed by atoms with van der Waals surface area (Å²) in [5.41, 5.74) is 2.98. The molecule has 0 bridgehead atoms. The fourth-order valence-electron chi connectivity index (χ4n) is 4.77. The molecule has 0 amide bonds. The molecule has 5 aromatic rings. The SMILES string of the molecule is CCOC(=O)C1=C(c2ccccc2)N=c2s/c(=C\c3ccc(OCc4ccc(F)cc4)c(Br)c3)c(=O)n2[C@H]1c1cccs1. The lowest BCUT2D eigenvalue weighted by molar-refractivity contribution is -0.138. The normalized spacial score (nSPS) is 14.8. The van der Waals surface area contributed by atoms with Crippen molar-refractivity contribution < 1.29 is 18.7 Å². The smallest absolute Gasteiger partial charge is 0.338 e. The number of ether oxygens (including phenoxy) is 2. The average molecular weight is 676 g/mol. The highest BCUT2D eigenvalue weighted by Crippen LogP contribution is 2.37. The summed E-state index contributed by atoms with van der Waals surface area (Å²) in [5, 5.41) is 1.92. The predicted molar refractivity (Wildman–Crippen MR) is 170 cm³/mol. The number of aromatic nitrogens is 1. The molecule has 3 heterocycles. The Morgan fingerprint density at radius 3 is 2.56 bits per heavy atom. The second-order valence-corrected chi connectivity index (χ2v) is 12.4. The van der Waals surface area contributed by atoms with E-state index in [9.17, 15) is 14.0 Å². The highest BCUT2D eigenvalue weighted by molar-refractivity contribution is 9.10. The Morgan fingerprint density at radius 2 is 1.86 bits per heavy atom. The topological polar surface area (TPSA) is 69.9 Å². The third-order valence-corrected chi connectivity index (χ3v) is 9.28. The molecule has 10 heteroatoms. The van der Waals surface area contributed by atoms with Gasteiger partial charge in [0.1, 0.15) is 24.2 Å². The summed E-state index contributed by atoms with van der Waals surface area (Å²) in [5.74, 6) is -0.181. The second kappa shape index (κ2) is 12.6. The van der Waals surface area contributed by atoms with E-state index in [0.29, 0.717) is 30.8 Å². The van der Waals surface area contributed by atoms with Crippen LogP contribution < -0.4 is 19.6 Å². The Labute approximate surface area is 262 Å². The van der Waals surface area contributed by atoms with Gasteiger partial charge in [-0.15, -0.1) is 11.3 Å². The van der Waals surface area contributed by atoms with E-state index >= 15 is 0 Å². The molecule has 2 aromatic heterocycles. The number of hydrogen-bond acceptors (Lipinski definition) is 7. The number of thiophene rings is 1. The molecular weight excluding hydrogens is 651 g/mol. The zero-order valence-corrected chi connectivity index (χ0v) is 26.0. The van der Waals surface area contributed by atoms with Crippen molar-refractivity contribution in [1.29, 1.82) is 0 Å². The Balaban J connectivity index is 1.42. The zero-order valence-electron chi connectivity index (χ0n) is 22.8. The molecule has 0 N–H and O–H groups in total. The number of esters is 1. The van der Waals surface area contributed by atoms with Crippen LogP contribution >= 0.6 is 38.6 Å². The van der Waals surface area contributed by atoms with Gasteiger partial charge in [-0.3, -0.25) is 9.36 Å². The number of rotatable bonds is 8. The highest BCUT2D eigenvalue weighted by Gasteiger charge is 2.35. The standard InChI is InChI=1S/C33H24BrFN2O4S2/c1-2-40-32(39)28-29(22-7-4-3-5-8-22)36-33-37(30(28)26-9-6-16-42-26)31(38)27(43-33)18-21-12-15-25(24(34)17-21)41-19-20-10-13-23(35)14-11-20/h3-18,30H,2,19H2,1H3/b27-18-/t30-/m0/s1. The molecule has 0 unspecified atom stereocenters. The number of carbonyl (C=O) groups excluding carboxylic acids is 1. The summed E-state index contributed by atoms with van der Waals surface area (Å²) >= 11 is 6.31. The summed E-state index contributed by atoms with van der Waals surface area (Å²) in [6.07, 6.45) is 1.81. The van der Waals surface area contributed by atoms with Gasteiger partial charge in [0.15, 0.2) is 4.80 Å². The Hall–Kier alpha value is -4.12. The maximum Gasteiger partial charge on any atom is 0.338 e. The van der Waals surface area contributed by atoms with Gasteiger partial charge in [0, 0.05) is 10.4 Å². The summed E-state index contributed by atoms with van der Waals surface area (Å²) in [6.45, 7) is 2.24. The largest absolute Gasteiger partial charge is 0.488 e. The first-order valence-corrected chi connectivity index (χ1v) is 15.9. The molecule has 1 atom stereocenters. The molecule has 0 fully saturated rings. The minimum Gasteiger partial charge on any atom is -0.488 e. The molecule has 1 aliphatic rings. The Bertz CT molecular complexity index is 2000. The monoisotopic (exact) mass is 674 g/mol. The first kappa shape index (κ1) is 29.0. The van der Waals surface area contributed by atoms with Crippen molar-refractivity contribution in [3.8, 4) is 5.75 Å². The summed E-state index contributed by atoms with van der Waals surface area (Å²) < 4.78 is 27.4. The van der Waals surface area contributed by atoms with Crippen molar-refractivity contribution >= 4 is 56.3 Å². The van der Waals surface area contributed by atoms with E-state index in [2.05, 4.69) is 15.9 Å². The van der Waals surface area contributed by atoms with Crippen LogP contribution in [0.5, 0.6) is 5.75 Å². The lowest BCUT2D eigenvalue weighted by Gasteiger charge is -2.24. The van der Waals surface area contributed by atoms with Crippen molar-refractivity contribution in [2.75, 3.05) is 6.61 Å². The van der Waals surface area contributed by atoms with Crippen LogP contribution in [-0.4, -0.2) is 17.1 Å². The molecule has 6 rings (SSSR count). The number of halogens is 2. The quantitative estimate of drug-likeness (QED) is 0.177. The lowest BCUT2D eigenvalue weighted by atomic mass is 9.97. The third-order valence-electron chi connectivity index (χ3n) is 6.75. The number of fused-ring (bicyclic) bond motifs is 1. The van der Waals surface area contributed by atoms with Crippen molar-refractivity contribution in [2.45, 2.75) is 19.6 Å². The number of nitrogens with zero attached hydrogens (tertiary/aromatic N) is 2. The van der Waals surface area contributed by atoms with Crippen LogP contribution in [0.2, 0.25) is 0 Å². The number of carbonyl (C=O) groups is 1. The van der Waals surface area contributed by atoms with Crippen LogP contribution in [0.3, 0.4) is 0 Å². The first-order valence-electron chi connectivity index (χ1n) is 13.4. The summed E-state index contributed by atoms with van der Waals surface area (Å²) in [7, 11) is 0. The van der Waals surface area contributed by atoms with Crippen molar-refractivity contribution in [2.24, 2.45) is 4.99 Å². The zero-order chi connectivity index (χ0) is 29.9. The molecule has 43 heavy (non-hydrogen) atoms. The molecule has 0 spiro atoms. The van der Waals surface area contributed by atoms with Gasteiger partial charge < -0.3 is 9.47 Å². The van der Waals surface area contributed by atoms with Gasteiger partial charge >= 0.3 is 5.97 Å². The van der Waals surface area contributed by atoms with E-state index in [0.717, 1.165) is 21.6 Å². The van der Waals surface area contributed by atoms with E-state index in [-0.39, 0.29) is 24.6 Å². The predicted octanol–water partition coefficient (Wildman–Crippen LogP) is 6.48. The van der Waals surface area contributed by atoms with Gasteiger partial charge in [0.05, 0.1) is 26.9 Å².